The lowest BCUT2D eigenvalue weighted by atomic mass is 9.94. The van der Waals surface area contributed by atoms with Crippen LogP contribution in [0.15, 0.2) is 72.8 Å². The summed E-state index contributed by atoms with van der Waals surface area (Å²) < 4.78 is 19.3. The lowest BCUT2D eigenvalue weighted by molar-refractivity contribution is 0.0936. The van der Waals surface area contributed by atoms with Gasteiger partial charge in [-0.3, -0.25) is 9.59 Å². The average Bonchev–Trinajstić information content (AvgIpc) is 2.70. The first-order chi connectivity index (χ1) is 13.5. The Labute approximate surface area is 162 Å². The number of ether oxygens (including phenoxy) is 1. The van der Waals surface area contributed by atoms with Crippen LogP contribution in [0.1, 0.15) is 34.1 Å². The maximum atomic E-state index is 13.6. The molecule has 1 heterocycles. The van der Waals surface area contributed by atoms with E-state index < -0.39 is 5.82 Å². The number of benzene rings is 3. The number of hydrogen-bond donors (Lipinski definition) is 0. The van der Waals surface area contributed by atoms with Crippen molar-refractivity contribution in [3.63, 3.8) is 0 Å². The third-order valence-electron chi connectivity index (χ3n) is 4.74. The van der Waals surface area contributed by atoms with E-state index in [9.17, 15) is 14.0 Å². The zero-order valence-electron chi connectivity index (χ0n) is 15.3. The van der Waals surface area contributed by atoms with Crippen LogP contribution in [-0.4, -0.2) is 17.7 Å². The van der Waals surface area contributed by atoms with Crippen LogP contribution >= 0.6 is 0 Å². The zero-order valence-corrected chi connectivity index (χ0v) is 15.3. The summed E-state index contributed by atoms with van der Waals surface area (Å²) in [6, 6.07) is 19.8. The number of Topliss-reactive ketones (excluding diaryl/α,β-unsaturated/α-hetero) is 1. The van der Waals surface area contributed by atoms with Gasteiger partial charge in [-0.05, 0) is 61.5 Å². The number of carbonyl (C=O) groups excluding carboxylic acids is 2. The molecule has 1 aliphatic rings. The Morgan fingerprint density at radius 1 is 1.00 bits per heavy atom. The van der Waals surface area contributed by atoms with Crippen LogP contribution in [0.5, 0.6) is 11.5 Å². The summed E-state index contributed by atoms with van der Waals surface area (Å²) in [7, 11) is 0. The van der Waals surface area contributed by atoms with Crippen molar-refractivity contribution in [2.24, 2.45) is 0 Å². The van der Waals surface area contributed by atoms with Gasteiger partial charge in [0.05, 0.1) is 5.69 Å². The molecule has 0 radical (unpaired) electrons. The summed E-state index contributed by atoms with van der Waals surface area (Å²) in [6.07, 6.45) is 0.164. The van der Waals surface area contributed by atoms with Crippen molar-refractivity contribution in [1.82, 2.24) is 0 Å². The lowest BCUT2D eigenvalue weighted by Gasteiger charge is -2.34. The first-order valence-corrected chi connectivity index (χ1v) is 9.02. The summed E-state index contributed by atoms with van der Waals surface area (Å²) in [5, 5.41) is 0. The van der Waals surface area contributed by atoms with Crippen molar-refractivity contribution in [3.8, 4) is 11.5 Å². The Hall–Kier alpha value is -3.47. The molecule has 1 aliphatic heterocycles. The molecular weight excluding hydrogens is 357 g/mol. The predicted molar refractivity (Wildman–Crippen MR) is 105 cm³/mol. The summed E-state index contributed by atoms with van der Waals surface area (Å²) in [5.41, 5.74) is 1.16. The number of rotatable bonds is 3. The molecule has 0 fully saturated rings. The second kappa shape index (κ2) is 7.27. The molecule has 0 spiro atoms. The van der Waals surface area contributed by atoms with Crippen LogP contribution in [0, 0.1) is 5.82 Å². The fourth-order valence-electron chi connectivity index (χ4n) is 3.39. The van der Waals surface area contributed by atoms with Crippen molar-refractivity contribution >= 4 is 17.4 Å². The molecule has 3 aromatic carbocycles. The second-order valence-electron chi connectivity index (χ2n) is 6.75. The van der Waals surface area contributed by atoms with Crippen molar-refractivity contribution in [1.29, 1.82) is 0 Å². The maximum absolute atomic E-state index is 13.6. The molecule has 140 valence electrons. The highest BCUT2D eigenvalue weighted by atomic mass is 19.1. The minimum atomic E-state index is -0.489. The fraction of sp³-hybridized carbons (Fsp3) is 0.130. The molecule has 3 aromatic rings. The molecular formula is C23H18FNO3. The first kappa shape index (κ1) is 17.9. The van der Waals surface area contributed by atoms with E-state index in [0.29, 0.717) is 22.7 Å². The van der Waals surface area contributed by atoms with Crippen LogP contribution in [0.4, 0.5) is 10.1 Å². The lowest BCUT2D eigenvalue weighted by Crippen LogP contribution is -2.44. The molecule has 0 aliphatic carbocycles. The molecule has 0 bridgehead atoms. The van der Waals surface area contributed by atoms with Gasteiger partial charge in [-0.1, -0.05) is 18.2 Å². The van der Waals surface area contributed by atoms with Gasteiger partial charge >= 0.3 is 0 Å². The highest BCUT2D eigenvalue weighted by Crippen LogP contribution is 2.33. The number of nitrogens with zero attached hydrogens (tertiary/aromatic N) is 1. The molecule has 1 unspecified atom stereocenters. The molecule has 0 saturated carbocycles. The number of fused-ring (bicyclic) bond motifs is 1. The SMILES string of the molecule is CC1CC(=O)c2cc(F)ccc2N1C(=O)c1ccc(Oc2ccccc2)cc1. The molecule has 1 atom stereocenters. The van der Waals surface area contributed by atoms with E-state index in [0.717, 1.165) is 0 Å². The maximum Gasteiger partial charge on any atom is 0.258 e. The Morgan fingerprint density at radius 3 is 2.39 bits per heavy atom. The van der Waals surface area contributed by atoms with Gasteiger partial charge < -0.3 is 9.64 Å². The largest absolute Gasteiger partial charge is 0.457 e. The Balaban J connectivity index is 1.61. The first-order valence-electron chi connectivity index (χ1n) is 9.02. The number of amides is 1. The van der Waals surface area contributed by atoms with E-state index in [2.05, 4.69) is 0 Å². The summed E-state index contributed by atoms with van der Waals surface area (Å²) >= 11 is 0. The third-order valence-corrected chi connectivity index (χ3v) is 4.74. The van der Waals surface area contributed by atoms with Gasteiger partial charge in [0, 0.05) is 23.6 Å². The smallest absolute Gasteiger partial charge is 0.258 e. The van der Waals surface area contributed by atoms with Gasteiger partial charge in [-0.15, -0.1) is 0 Å². The van der Waals surface area contributed by atoms with Crippen LogP contribution < -0.4 is 9.64 Å². The molecule has 4 nitrogen and oxygen atoms in total. The van der Waals surface area contributed by atoms with Gasteiger partial charge in [0.15, 0.2) is 5.78 Å². The molecule has 1 amide bonds. The highest BCUT2D eigenvalue weighted by molar-refractivity contribution is 6.13. The number of anilines is 1. The van der Waals surface area contributed by atoms with Gasteiger partial charge in [-0.25, -0.2) is 4.39 Å². The van der Waals surface area contributed by atoms with E-state index in [1.807, 2.05) is 37.3 Å². The zero-order chi connectivity index (χ0) is 19.7. The van der Waals surface area contributed by atoms with Crippen molar-refractivity contribution < 1.29 is 18.7 Å². The fourth-order valence-corrected chi connectivity index (χ4v) is 3.39. The Morgan fingerprint density at radius 2 is 1.68 bits per heavy atom. The average molecular weight is 375 g/mol. The minimum Gasteiger partial charge on any atom is -0.457 e. The number of halogens is 1. The normalized spacial score (nSPS) is 15.9. The second-order valence-corrected chi connectivity index (χ2v) is 6.75. The van der Waals surface area contributed by atoms with E-state index >= 15 is 0 Å². The molecule has 0 N–H and O–H groups in total. The topological polar surface area (TPSA) is 46.6 Å². The van der Waals surface area contributed by atoms with Crippen molar-refractivity contribution in [3.05, 3.63) is 89.7 Å². The van der Waals surface area contributed by atoms with Gasteiger partial charge in [0.25, 0.3) is 5.91 Å². The molecule has 4 rings (SSSR count). The predicted octanol–water partition coefficient (Wildman–Crippen LogP) is 5.24. The quantitative estimate of drug-likeness (QED) is 0.629. The molecule has 0 saturated heterocycles. The number of para-hydroxylation sites is 1. The number of carbonyl (C=O) groups is 2. The summed E-state index contributed by atoms with van der Waals surface area (Å²) in [6.45, 7) is 1.81. The summed E-state index contributed by atoms with van der Waals surface area (Å²) in [4.78, 5) is 26.9. The van der Waals surface area contributed by atoms with Crippen LogP contribution in [0.25, 0.3) is 0 Å². The van der Waals surface area contributed by atoms with E-state index in [-0.39, 0.29) is 29.7 Å². The summed E-state index contributed by atoms with van der Waals surface area (Å²) in [5.74, 6) is 0.445. The van der Waals surface area contributed by atoms with Crippen molar-refractivity contribution in [2.75, 3.05) is 4.90 Å². The van der Waals surface area contributed by atoms with Gasteiger partial charge in [-0.2, -0.15) is 0 Å². The monoisotopic (exact) mass is 375 g/mol. The Bertz CT molecular complexity index is 1030. The molecule has 0 aromatic heterocycles. The number of hydrogen-bond acceptors (Lipinski definition) is 3. The van der Waals surface area contributed by atoms with Crippen LogP contribution in [-0.2, 0) is 0 Å². The molecule has 28 heavy (non-hydrogen) atoms. The van der Waals surface area contributed by atoms with E-state index in [1.165, 1.54) is 18.2 Å². The highest BCUT2D eigenvalue weighted by Gasteiger charge is 2.33. The third kappa shape index (κ3) is 3.39. The molecule has 5 heteroatoms. The standard InChI is InChI=1S/C23H18FNO3/c1-15-13-22(26)20-14-17(24)9-12-21(20)25(15)23(27)16-7-10-19(11-8-16)28-18-5-3-2-4-6-18/h2-12,14-15H,13H2,1H3. The number of ketones is 1. The van der Waals surface area contributed by atoms with Crippen LogP contribution in [0.2, 0.25) is 0 Å². The van der Waals surface area contributed by atoms with Crippen molar-refractivity contribution in [2.45, 2.75) is 19.4 Å². The van der Waals surface area contributed by atoms with Gasteiger partial charge in [0.2, 0.25) is 0 Å². The van der Waals surface area contributed by atoms with E-state index in [4.69, 9.17) is 4.74 Å². The minimum absolute atomic E-state index is 0.155. The van der Waals surface area contributed by atoms with E-state index in [1.54, 1.807) is 29.2 Å². The van der Waals surface area contributed by atoms with Crippen LogP contribution in [0.3, 0.4) is 0 Å². The Kier molecular flexibility index (Phi) is 4.65. The van der Waals surface area contributed by atoms with Gasteiger partial charge in [0.1, 0.15) is 17.3 Å².